The first kappa shape index (κ1) is 19.7. The van der Waals surface area contributed by atoms with Crippen molar-refractivity contribution in [3.8, 4) is 6.07 Å². The first-order chi connectivity index (χ1) is 12.9. The fourth-order valence-corrected chi connectivity index (χ4v) is 2.13. The number of aryl methyl sites for hydroxylation is 1. The number of rotatable bonds is 6. The number of amides is 2. The Bertz CT molecular complexity index is 868. The van der Waals surface area contributed by atoms with Gasteiger partial charge in [0.15, 0.2) is 6.10 Å². The van der Waals surface area contributed by atoms with Crippen molar-refractivity contribution in [2.24, 2.45) is 0 Å². The summed E-state index contributed by atoms with van der Waals surface area (Å²) in [5.41, 5.74) is 2.38. The highest BCUT2D eigenvalue weighted by Gasteiger charge is 2.19. The number of nitrogens with zero attached hydrogens (tertiary/aromatic N) is 1. The zero-order chi connectivity index (χ0) is 19.8. The van der Waals surface area contributed by atoms with Crippen LogP contribution in [0.2, 0.25) is 0 Å². The highest BCUT2D eigenvalue weighted by atomic mass is 16.5. The van der Waals surface area contributed by atoms with Crippen LogP contribution in [0.25, 0.3) is 0 Å². The molecule has 2 aromatic rings. The molecule has 0 aromatic heterocycles. The van der Waals surface area contributed by atoms with Gasteiger partial charge in [0, 0.05) is 11.4 Å². The van der Waals surface area contributed by atoms with E-state index in [9.17, 15) is 14.4 Å². The number of hydrogen-bond acceptors (Lipinski definition) is 5. The summed E-state index contributed by atoms with van der Waals surface area (Å²) in [7, 11) is 0. The minimum absolute atomic E-state index is 0.239. The maximum absolute atomic E-state index is 12.2. The van der Waals surface area contributed by atoms with Crippen LogP contribution >= 0.6 is 0 Å². The topological polar surface area (TPSA) is 108 Å². The van der Waals surface area contributed by atoms with Gasteiger partial charge in [-0.1, -0.05) is 17.7 Å². The molecule has 0 aliphatic heterocycles. The molecule has 0 aliphatic rings. The zero-order valence-electron chi connectivity index (χ0n) is 15.0. The lowest BCUT2D eigenvalue weighted by molar-refractivity contribution is -0.123. The largest absolute Gasteiger partial charge is 0.449 e. The summed E-state index contributed by atoms with van der Waals surface area (Å²) >= 11 is 0. The van der Waals surface area contributed by atoms with Crippen LogP contribution in [0.5, 0.6) is 0 Å². The molecule has 0 fully saturated rings. The van der Waals surface area contributed by atoms with Gasteiger partial charge in [-0.25, -0.2) is 4.79 Å². The minimum atomic E-state index is -0.978. The van der Waals surface area contributed by atoms with Crippen LogP contribution in [0.4, 0.5) is 11.4 Å². The van der Waals surface area contributed by atoms with Gasteiger partial charge in [-0.05, 0) is 50.2 Å². The maximum Gasteiger partial charge on any atom is 0.338 e. The van der Waals surface area contributed by atoms with Gasteiger partial charge < -0.3 is 15.4 Å². The van der Waals surface area contributed by atoms with E-state index in [1.807, 2.05) is 19.1 Å². The van der Waals surface area contributed by atoms with Gasteiger partial charge in [-0.15, -0.1) is 0 Å². The van der Waals surface area contributed by atoms with Crippen LogP contribution in [-0.2, 0) is 14.3 Å². The molecule has 0 spiro atoms. The first-order valence-corrected chi connectivity index (χ1v) is 8.24. The predicted octanol–water partition coefficient (Wildman–Crippen LogP) is 3.03. The summed E-state index contributed by atoms with van der Waals surface area (Å²) in [4.78, 5) is 35.6. The average molecular weight is 365 g/mol. The Kier molecular flexibility index (Phi) is 6.67. The second-order valence-corrected chi connectivity index (χ2v) is 5.86. The molecule has 2 N–H and O–H groups in total. The van der Waals surface area contributed by atoms with E-state index < -0.39 is 23.9 Å². The summed E-state index contributed by atoms with van der Waals surface area (Å²) < 4.78 is 5.17. The number of anilines is 2. The van der Waals surface area contributed by atoms with E-state index in [-0.39, 0.29) is 12.0 Å². The number of carbonyl (C=O) groups excluding carboxylic acids is 3. The summed E-state index contributed by atoms with van der Waals surface area (Å²) in [6.07, 6.45) is -1.23. The van der Waals surface area contributed by atoms with Crippen molar-refractivity contribution >= 4 is 29.2 Å². The van der Waals surface area contributed by atoms with Crippen molar-refractivity contribution in [2.45, 2.75) is 26.4 Å². The summed E-state index contributed by atoms with van der Waals surface area (Å²) in [5.74, 6) is -1.53. The molecule has 0 radical (unpaired) electrons. The lowest BCUT2D eigenvalue weighted by Crippen LogP contribution is -2.30. The van der Waals surface area contributed by atoms with E-state index in [1.54, 1.807) is 18.2 Å². The number of esters is 1. The second kappa shape index (κ2) is 9.15. The van der Waals surface area contributed by atoms with Crippen molar-refractivity contribution < 1.29 is 19.1 Å². The van der Waals surface area contributed by atoms with Gasteiger partial charge in [-0.2, -0.15) is 5.26 Å². The van der Waals surface area contributed by atoms with Crippen LogP contribution in [0, 0.1) is 18.3 Å². The van der Waals surface area contributed by atoms with Gasteiger partial charge in [0.2, 0.25) is 5.91 Å². The zero-order valence-corrected chi connectivity index (χ0v) is 15.0. The first-order valence-electron chi connectivity index (χ1n) is 8.24. The van der Waals surface area contributed by atoms with Crippen LogP contribution in [-0.4, -0.2) is 23.9 Å². The van der Waals surface area contributed by atoms with E-state index in [4.69, 9.17) is 10.00 Å². The molecule has 7 heteroatoms. The van der Waals surface area contributed by atoms with Crippen LogP contribution in [0.3, 0.4) is 0 Å². The smallest absolute Gasteiger partial charge is 0.338 e. The van der Waals surface area contributed by atoms with Crippen molar-refractivity contribution in [3.63, 3.8) is 0 Å². The standard InChI is InChI=1S/C20H19N3O4/c1-13-3-7-17(8-4-13)23-19(25)14(2)27-20(26)15-5-9-16(10-6-15)22-18(24)11-12-21/h3-10,14H,11H2,1-2H3,(H,22,24)(H,23,25)/t14-/m0/s1. The number of benzene rings is 2. The second-order valence-electron chi connectivity index (χ2n) is 5.86. The molecule has 27 heavy (non-hydrogen) atoms. The van der Waals surface area contributed by atoms with Crippen molar-refractivity contribution in [2.75, 3.05) is 10.6 Å². The third kappa shape index (κ3) is 5.97. The Morgan fingerprint density at radius 1 is 1.00 bits per heavy atom. The number of hydrogen-bond donors (Lipinski definition) is 2. The van der Waals surface area contributed by atoms with Gasteiger partial charge >= 0.3 is 5.97 Å². The summed E-state index contributed by atoms with van der Waals surface area (Å²) in [6, 6.07) is 15.0. The Labute approximate surface area is 156 Å². The summed E-state index contributed by atoms with van der Waals surface area (Å²) in [6.45, 7) is 3.42. The third-order valence-electron chi connectivity index (χ3n) is 3.62. The number of carbonyl (C=O) groups is 3. The molecule has 138 valence electrons. The molecule has 7 nitrogen and oxygen atoms in total. The minimum Gasteiger partial charge on any atom is -0.449 e. The van der Waals surface area contributed by atoms with E-state index >= 15 is 0 Å². The summed E-state index contributed by atoms with van der Waals surface area (Å²) in [5, 5.41) is 13.7. The maximum atomic E-state index is 12.2. The fraction of sp³-hybridized carbons (Fsp3) is 0.200. The number of nitriles is 1. The molecule has 0 saturated carbocycles. The Morgan fingerprint density at radius 2 is 1.56 bits per heavy atom. The van der Waals surface area contributed by atoms with E-state index in [1.165, 1.54) is 31.2 Å². The number of nitrogens with one attached hydrogen (secondary N) is 2. The Morgan fingerprint density at radius 3 is 2.15 bits per heavy atom. The van der Waals surface area contributed by atoms with E-state index in [2.05, 4.69) is 10.6 Å². The Hall–Kier alpha value is -3.66. The molecule has 0 heterocycles. The molecule has 1 atom stereocenters. The molecule has 0 bridgehead atoms. The molecule has 2 rings (SSSR count). The van der Waals surface area contributed by atoms with Crippen molar-refractivity contribution in [1.29, 1.82) is 5.26 Å². The van der Waals surface area contributed by atoms with Gasteiger partial charge in [0.1, 0.15) is 6.42 Å². The molecule has 2 amide bonds. The normalized spacial score (nSPS) is 11.0. The molecule has 0 aliphatic carbocycles. The van der Waals surface area contributed by atoms with Gasteiger partial charge in [-0.3, -0.25) is 9.59 Å². The van der Waals surface area contributed by atoms with Crippen molar-refractivity contribution in [3.05, 3.63) is 59.7 Å². The highest BCUT2D eigenvalue weighted by Crippen LogP contribution is 2.13. The molecular formula is C20H19N3O4. The molecule has 0 saturated heterocycles. The fourth-order valence-electron chi connectivity index (χ4n) is 2.13. The lowest BCUT2D eigenvalue weighted by Gasteiger charge is -2.14. The predicted molar refractivity (Wildman–Crippen MR) is 100.0 cm³/mol. The Balaban J connectivity index is 1.91. The third-order valence-corrected chi connectivity index (χ3v) is 3.62. The van der Waals surface area contributed by atoms with Crippen LogP contribution in [0.1, 0.15) is 29.3 Å². The van der Waals surface area contributed by atoms with Crippen LogP contribution < -0.4 is 10.6 Å². The van der Waals surface area contributed by atoms with Crippen molar-refractivity contribution in [1.82, 2.24) is 0 Å². The monoisotopic (exact) mass is 365 g/mol. The van der Waals surface area contributed by atoms with E-state index in [0.29, 0.717) is 11.4 Å². The lowest BCUT2D eigenvalue weighted by atomic mass is 10.2. The average Bonchev–Trinajstić information content (AvgIpc) is 2.64. The van der Waals surface area contributed by atoms with Gasteiger partial charge in [0.25, 0.3) is 5.91 Å². The van der Waals surface area contributed by atoms with E-state index in [0.717, 1.165) is 5.56 Å². The molecule has 2 aromatic carbocycles. The quantitative estimate of drug-likeness (QED) is 0.765. The van der Waals surface area contributed by atoms with Crippen LogP contribution in [0.15, 0.2) is 48.5 Å². The number of ether oxygens (including phenoxy) is 1. The highest BCUT2D eigenvalue weighted by molar-refractivity contribution is 5.98. The van der Waals surface area contributed by atoms with Gasteiger partial charge in [0.05, 0.1) is 11.6 Å². The SMILES string of the molecule is Cc1ccc(NC(=O)[C@H](C)OC(=O)c2ccc(NC(=O)CC#N)cc2)cc1. The molecular weight excluding hydrogens is 346 g/mol. The molecule has 0 unspecified atom stereocenters.